The van der Waals surface area contributed by atoms with Crippen LogP contribution in [0.3, 0.4) is 0 Å². The Balaban J connectivity index is 1.84. The predicted octanol–water partition coefficient (Wildman–Crippen LogP) is 1.67. The second-order valence-corrected chi connectivity index (χ2v) is 4.89. The van der Waals surface area contributed by atoms with Gasteiger partial charge in [-0.15, -0.1) is 0 Å². The first kappa shape index (κ1) is 10.9. The molecule has 15 heavy (non-hydrogen) atoms. The van der Waals surface area contributed by atoms with Gasteiger partial charge in [0.05, 0.1) is 13.2 Å². The van der Waals surface area contributed by atoms with Crippen LogP contribution in [-0.4, -0.2) is 37.1 Å². The van der Waals surface area contributed by atoms with Crippen molar-refractivity contribution in [3.8, 4) is 0 Å². The van der Waals surface area contributed by atoms with Crippen molar-refractivity contribution in [1.82, 2.24) is 4.90 Å². The SMILES string of the molecule is C[C@H]1CC[C@H](C(=O)N2CCOCC2)CC1. The van der Waals surface area contributed by atoms with E-state index in [1.54, 1.807) is 0 Å². The second-order valence-electron chi connectivity index (χ2n) is 4.89. The number of amides is 1. The molecule has 0 bridgehead atoms. The summed E-state index contributed by atoms with van der Waals surface area (Å²) < 4.78 is 5.26. The molecule has 2 rings (SSSR count). The molecule has 0 spiro atoms. The van der Waals surface area contributed by atoms with Crippen molar-refractivity contribution in [3.05, 3.63) is 0 Å². The average Bonchev–Trinajstić information content (AvgIpc) is 2.30. The highest BCUT2D eigenvalue weighted by atomic mass is 16.5. The first-order valence-electron chi connectivity index (χ1n) is 6.14. The number of morpholine rings is 1. The van der Waals surface area contributed by atoms with E-state index >= 15 is 0 Å². The smallest absolute Gasteiger partial charge is 0.225 e. The van der Waals surface area contributed by atoms with Crippen LogP contribution in [0.5, 0.6) is 0 Å². The molecule has 0 aromatic heterocycles. The van der Waals surface area contributed by atoms with E-state index in [2.05, 4.69) is 6.92 Å². The number of rotatable bonds is 1. The molecule has 0 atom stereocenters. The Bertz CT molecular complexity index is 216. The minimum absolute atomic E-state index is 0.305. The quantitative estimate of drug-likeness (QED) is 0.660. The summed E-state index contributed by atoms with van der Waals surface area (Å²) in [6, 6.07) is 0. The summed E-state index contributed by atoms with van der Waals surface area (Å²) >= 11 is 0. The molecule has 1 heterocycles. The zero-order valence-electron chi connectivity index (χ0n) is 9.58. The molecule has 3 heteroatoms. The van der Waals surface area contributed by atoms with Crippen molar-refractivity contribution in [2.75, 3.05) is 26.3 Å². The van der Waals surface area contributed by atoms with E-state index < -0.39 is 0 Å². The van der Waals surface area contributed by atoms with Gasteiger partial charge in [-0.1, -0.05) is 6.92 Å². The minimum Gasteiger partial charge on any atom is -0.378 e. The number of ether oxygens (including phenoxy) is 1. The van der Waals surface area contributed by atoms with Gasteiger partial charge in [0.15, 0.2) is 0 Å². The van der Waals surface area contributed by atoms with E-state index in [0.717, 1.165) is 45.1 Å². The van der Waals surface area contributed by atoms with Gasteiger partial charge in [0, 0.05) is 19.0 Å². The summed E-state index contributed by atoms with van der Waals surface area (Å²) in [5.74, 6) is 1.50. The van der Waals surface area contributed by atoms with Crippen molar-refractivity contribution in [1.29, 1.82) is 0 Å². The third-order valence-electron chi connectivity index (χ3n) is 3.69. The van der Waals surface area contributed by atoms with Crippen molar-refractivity contribution in [2.24, 2.45) is 11.8 Å². The van der Waals surface area contributed by atoms with Crippen molar-refractivity contribution < 1.29 is 9.53 Å². The number of carbonyl (C=O) groups excluding carboxylic acids is 1. The van der Waals surface area contributed by atoms with Gasteiger partial charge in [-0.3, -0.25) is 4.79 Å². The molecule has 2 fully saturated rings. The van der Waals surface area contributed by atoms with Crippen LogP contribution in [-0.2, 0) is 9.53 Å². The minimum atomic E-state index is 0.305. The summed E-state index contributed by atoms with van der Waals surface area (Å²) in [5, 5.41) is 0. The molecule has 1 saturated heterocycles. The van der Waals surface area contributed by atoms with Crippen LogP contribution in [0.15, 0.2) is 0 Å². The third kappa shape index (κ3) is 2.71. The molecular formula is C12H21NO2. The van der Waals surface area contributed by atoms with Crippen molar-refractivity contribution in [2.45, 2.75) is 32.6 Å². The highest BCUT2D eigenvalue weighted by Gasteiger charge is 2.28. The van der Waals surface area contributed by atoms with Crippen LogP contribution < -0.4 is 0 Å². The lowest BCUT2D eigenvalue weighted by molar-refractivity contribution is -0.140. The maximum absolute atomic E-state index is 12.1. The Morgan fingerprint density at radius 3 is 2.33 bits per heavy atom. The normalized spacial score (nSPS) is 32.7. The molecule has 1 aliphatic carbocycles. The van der Waals surface area contributed by atoms with Gasteiger partial charge in [0.2, 0.25) is 5.91 Å². The lowest BCUT2D eigenvalue weighted by atomic mass is 9.82. The maximum atomic E-state index is 12.1. The molecule has 0 aromatic rings. The predicted molar refractivity (Wildman–Crippen MR) is 58.5 cm³/mol. The number of hydrogen-bond donors (Lipinski definition) is 0. The number of carbonyl (C=O) groups is 1. The molecule has 0 N–H and O–H groups in total. The van der Waals surface area contributed by atoms with Crippen LogP contribution >= 0.6 is 0 Å². The Hall–Kier alpha value is -0.570. The summed E-state index contributed by atoms with van der Waals surface area (Å²) in [4.78, 5) is 14.1. The van der Waals surface area contributed by atoms with Crippen LogP contribution in [0.2, 0.25) is 0 Å². The van der Waals surface area contributed by atoms with Crippen molar-refractivity contribution in [3.63, 3.8) is 0 Å². The summed E-state index contributed by atoms with van der Waals surface area (Å²) in [6.45, 7) is 5.31. The Morgan fingerprint density at radius 1 is 1.13 bits per heavy atom. The Kier molecular flexibility index (Phi) is 3.62. The first-order chi connectivity index (χ1) is 7.27. The van der Waals surface area contributed by atoms with Gasteiger partial charge in [0.25, 0.3) is 0 Å². The van der Waals surface area contributed by atoms with Crippen LogP contribution in [0, 0.1) is 11.8 Å². The first-order valence-corrected chi connectivity index (χ1v) is 6.14. The largest absolute Gasteiger partial charge is 0.378 e. The van der Waals surface area contributed by atoms with E-state index in [1.165, 1.54) is 12.8 Å². The number of hydrogen-bond acceptors (Lipinski definition) is 2. The van der Waals surface area contributed by atoms with Crippen LogP contribution in [0.25, 0.3) is 0 Å². The van der Waals surface area contributed by atoms with Gasteiger partial charge in [-0.2, -0.15) is 0 Å². The molecule has 0 radical (unpaired) electrons. The summed E-state index contributed by atoms with van der Waals surface area (Å²) in [6.07, 6.45) is 4.64. The molecule has 1 amide bonds. The molecule has 0 unspecified atom stereocenters. The average molecular weight is 211 g/mol. The zero-order chi connectivity index (χ0) is 10.7. The topological polar surface area (TPSA) is 29.5 Å². The van der Waals surface area contributed by atoms with E-state index in [-0.39, 0.29) is 0 Å². The van der Waals surface area contributed by atoms with Gasteiger partial charge in [-0.25, -0.2) is 0 Å². The van der Waals surface area contributed by atoms with Gasteiger partial charge < -0.3 is 9.64 Å². The Morgan fingerprint density at radius 2 is 1.73 bits per heavy atom. The van der Waals surface area contributed by atoms with E-state index in [4.69, 9.17) is 4.74 Å². The third-order valence-corrected chi connectivity index (χ3v) is 3.69. The lowest BCUT2D eigenvalue weighted by Gasteiger charge is -2.33. The fourth-order valence-electron chi connectivity index (χ4n) is 2.55. The highest BCUT2D eigenvalue weighted by Crippen LogP contribution is 2.29. The van der Waals surface area contributed by atoms with E-state index in [9.17, 15) is 4.79 Å². The molecule has 1 saturated carbocycles. The molecule has 2 aliphatic rings. The zero-order valence-corrected chi connectivity index (χ0v) is 9.58. The standard InChI is InChI=1S/C12H21NO2/c1-10-2-4-11(5-3-10)12(14)13-6-8-15-9-7-13/h10-11H,2-9H2,1H3/t10-,11-. The fourth-order valence-corrected chi connectivity index (χ4v) is 2.55. The molecule has 0 aromatic carbocycles. The summed E-state index contributed by atoms with van der Waals surface area (Å²) in [7, 11) is 0. The Labute approximate surface area is 91.8 Å². The second kappa shape index (κ2) is 4.97. The molecule has 1 aliphatic heterocycles. The maximum Gasteiger partial charge on any atom is 0.225 e. The fraction of sp³-hybridized carbons (Fsp3) is 0.917. The van der Waals surface area contributed by atoms with E-state index in [1.807, 2.05) is 4.90 Å². The van der Waals surface area contributed by atoms with Gasteiger partial charge in [0.1, 0.15) is 0 Å². The summed E-state index contributed by atoms with van der Waals surface area (Å²) in [5.41, 5.74) is 0. The van der Waals surface area contributed by atoms with Gasteiger partial charge >= 0.3 is 0 Å². The molecule has 3 nitrogen and oxygen atoms in total. The van der Waals surface area contributed by atoms with E-state index in [0.29, 0.717) is 11.8 Å². The van der Waals surface area contributed by atoms with Crippen LogP contribution in [0.4, 0.5) is 0 Å². The monoisotopic (exact) mass is 211 g/mol. The van der Waals surface area contributed by atoms with Crippen molar-refractivity contribution >= 4 is 5.91 Å². The lowest BCUT2D eigenvalue weighted by Crippen LogP contribution is -2.44. The highest BCUT2D eigenvalue weighted by molar-refractivity contribution is 5.79. The van der Waals surface area contributed by atoms with Crippen LogP contribution in [0.1, 0.15) is 32.6 Å². The number of nitrogens with zero attached hydrogens (tertiary/aromatic N) is 1. The molecule has 86 valence electrons. The molecular weight excluding hydrogens is 190 g/mol. The van der Waals surface area contributed by atoms with Gasteiger partial charge in [-0.05, 0) is 31.6 Å².